The van der Waals surface area contributed by atoms with E-state index >= 15 is 0 Å². The Balaban J connectivity index is 0.000000180. The topological polar surface area (TPSA) is 37.3 Å². The molecule has 3 heteroatoms. The molecule has 0 spiro atoms. The van der Waals surface area contributed by atoms with Crippen molar-refractivity contribution in [3.8, 4) is 0 Å². The summed E-state index contributed by atoms with van der Waals surface area (Å²) in [5, 5.41) is 7.42. The van der Waals surface area contributed by atoms with E-state index in [1.54, 1.807) is 0 Å². The molecule has 0 aliphatic heterocycles. The fraction of sp³-hybridized carbons (Fsp3) is 0.286. The fourth-order valence-corrected chi connectivity index (χ4v) is 0.782. The number of allylic oxidation sites excluding steroid dienone is 4. The number of aliphatic carboxylic acids is 1. The van der Waals surface area contributed by atoms with Crippen molar-refractivity contribution in [1.82, 2.24) is 0 Å². The minimum atomic E-state index is -0.833. The van der Waals surface area contributed by atoms with Gasteiger partial charge in [-0.2, -0.15) is 0 Å². The molecule has 1 N–H and O–H groups in total. The van der Waals surface area contributed by atoms with E-state index in [0.717, 1.165) is 6.92 Å². The van der Waals surface area contributed by atoms with Crippen LogP contribution in [0.15, 0.2) is 22.1 Å². The third-order valence-electron chi connectivity index (χ3n) is 0.771. The zero-order chi connectivity index (χ0) is 7.98. The van der Waals surface area contributed by atoms with Crippen LogP contribution in [0, 0.1) is 0 Å². The van der Waals surface area contributed by atoms with E-state index in [1.165, 1.54) is 10.3 Å². The van der Waals surface area contributed by atoms with E-state index in [0.29, 0.717) is 0 Å². The molecule has 0 fully saturated rings. The van der Waals surface area contributed by atoms with E-state index in [2.05, 4.69) is 38.7 Å². The van der Waals surface area contributed by atoms with Crippen LogP contribution >= 0.6 is 0 Å². The number of rotatable bonds is 0. The first-order valence-electron chi connectivity index (χ1n) is 2.89. The minimum absolute atomic E-state index is 0.833. The molecule has 53 valence electrons. The van der Waals surface area contributed by atoms with Gasteiger partial charge in [0.25, 0.3) is 5.97 Å². The van der Waals surface area contributed by atoms with E-state index in [1.807, 2.05) is 0 Å². The maximum absolute atomic E-state index is 9.00. The van der Waals surface area contributed by atoms with Crippen molar-refractivity contribution in [3.05, 3.63) is 22.1 Å². The first-order chi connectivity index (χ1) is 4.63. The summed E-state index contributed by atoms with van der Waals surface area (Å²) in [5.74, 6) is -0.833. The molecule has 0 unspecified atom stereocenters. The second-order valence-corrected chi connectivity index (χ2v) is 2.85. The van der Waals surface area contributed by atoms with Crippen LogP contribution in [0.4, 0.5) is 0 Å². The molecular formula is C7H9O2Ti. The zero-order valence-electron chi connectivity index (χ0n) is 5.79. The van der Waals surface area contributed by atoms with Gasteiger partial charge >= 0.3 is 49.0 Å². The first-order valence-corrected chi connectivity index (χ1v) is 3.68. The molecule has 0 saturated carbocycles. The molecule has 0 radical (unpaired) electrons. The molecule has 0 aromatic rings. The molecule has 0 amide bonds. The first kappa shape index (κ1) is 9.66. The predicted octanol–water partition coefficient (Wildman–Crippen LogP) is 1.47. The van der Waals surface area contributed by atoms with Crippen LogP contribution in [-0.2, 0) is 25.2 Å². The van der Waals surface area contributed by atoms with Gasteiger partial charge in [0.05, 0.1) is 0 Å². The van der Waals surface area contributed by atoms with Crippen LogP contribution in [0.3, 0.4) is 0 Å². The number of carboxylic acid groups (broad SMARTS) is 1. The third kappa shape index (κ3) is 7.66. The molecule has 0 atom stereocenters. The Labute approximate surface area is 72.0 Å². The molecule has 2 nitrogen and oxygen atoms in total. The van der Waals surface area contributed by atoms with Crippen molar-refractivity contribution < 1.29 is 30.3 Å². The van der Waals surface area contributed by atoms with Crippen LogP contribution in [0.25, 0.3) is 0 Å². The molecule has 0 bridgehead atoms. The summed E-state index contributed by atoms with van der Waals surface area (Å²) in [7, 11) is 0. The quantitative estimate of drug-likeness (QED) is 0.563. The second kappa shape index (κ2) is 5.45. The molecule has 0 heterocycles. The Bertz CT molecular complexity index is 166. The Morgan fingerprint density at radius 2 is 2.30 bits per heavy atom. The van der Waals surface area contributed by atoms with Crippen LogP contribution in [0.2, 0.25) is 0 Å². The summed E-state index contributed by atoms with van der Waals surface area (Å²) in [5.41, 5.74) is 0. The number of carboxylic acids is 1. The molecule has 0 aromatic heterocycles. The Morgan fingerprint density at radius 3 is 2.40 bits per heavy atom. The van der Waals surface area contributed by atoms with E-state index in [9.17, 15) is 0 Å². The van der Waals surface area contributed by atoms with E-state index in [-0.39, 0.29) is 0 Å². The Hall–Kier alpha value is -0.336. The SMILES string of the molecule is CC(=O)O.[Ti][C]1=CC=CC1. The summed E-state index contributed by atoms with van der Waals surface area (Å²) in [6.07, 6.45) is 7.56. The van der Waals surface area contributed by atoms with E-state index in [4.69, 9.17) is 9.90 Å². The van der Waals surface area contributed by atoms with Crippen LogP contribution in [0.1, 0.15) is 13.3 Å². The van der Waals surface area contributed by atoms with Gasteiger partial charge in [-0.15, -0.1) is 0 Å². The van der Waals surface area contributed by atoms with Gasteiger partial charge in [0, 0.05) is 6.92 Å². The average molecular weight is 173 g/mol. The number of hydrogen-bond donors (Lipinski definition) is 1. The van der Waals surface area contributed by atoms with Crippen molar-refractivity contribution in [2.45, 2.75) is 13.3 Å². The molecular weight excluding hydrogens is 164 g/mol. The standard InChI is InChI=1S/C5H5.C2H4O2.Ti/c1-2-4-5-3-1;1-2(3)4;/h1-3H,4H2;1H3,(H,3,4);. The third-order valence-corrected chi connectivity index (χ3v) is 1.35. The summed E-state index contributed by atoms with van der Waals surface area (Å²) in [6.45, 7) is 1.08. The fourth-order valence-electron chi connectivity index (χ4n) is 0.447. The van der Waals surface area contributed by atoms with Crippen LogP contribution in [0.5, 0.6) is 0 Å². The van der Waals surface area contributed by atoms with Gasteiger partial charge in [-0.25, -0.2) is 0 Å². The van der Waals surface area contributed by atoms with Gasteiger partial charge in [0.2, 0.25) is 0 Å². The zero-order valence-corrected chi connectivity index (χ0v) is 7.36. The van der Waals surface area contributed by atoms with Crippen LogP contribution < -0.4 is 0 Å². The maximum atomic E-state index is 9.00. The Morgan fingerprint density at radius 1 is 1.80 bits per heavy atom. The number of hydrogen-bond acceptors (Lipinski definition) is 1. The summed E-state index contributed by atoms with van der Waals surface area (Å²) in [4.78, 5) is 9.00. The van der Waals surface area contributed by atoms with Gasteiger partial charge in [-0.3, -0.25) is 4.79 Å². The molecule has 0 saturated heterocycles. The molecule has 10 heavy (non-hydrogen) atoms. The van der Waals surface area contributed by atoms with Crippen molar-refractivity contribution in [2.75, 3.05) is 0 Å². The summed E-state index contributed by atoms with van der Waals surface area (Å²) in [6, 6.07) is 0. The van der Waals surface area contributed by atoms with Crippen LogP contribution in [-0.4, -0.2) is 11.1 Å². The van der Waals surface area contributed by atoms with Crippen molar-refractivity contribution in [3.63, 3.8) is 0 Å². The Kier molecular flexibility index (Phi) is 5.27. The monoisotopic (exact) mass is 173 g/mol. The second-order valence-electron chi connectivity index (χ2n) is 1.84. The van der Waals surface area contributed by atoms with Gasteiger partial charge < -0.3 is 5.11 Å². The average Bonchev–Trinajstić information content (AvgIpc) is 2.15. The van der Waals surface area contributed by atoms with Crippen molar-refractivity contribution in [2.24, 2.45) is 0 Å². The number of carbonyl (C=O) groups is 1. The van der Waals surface area contributed by atoms with Gasteiger partial charge in [-0.05, 0) is 0 Å². The molecule has 1 aliphatic carbocycles. The molecule has 0 aromatic carbocycles. The predicted molar refractivity (Wildman–Crippen MR) is 35.1 cm³/mol. The molecule has 1 aliphatic rings. The van der Waals surface area contributed by atoms with Gasteiger partial charge in [0.15, 0.2) is 0 Å². The van der Waals surface area contributed by atoms with Gasteiger partial charge in [0.1, 0.15) is 0 Å². The van der Waals surface area contributed by atoms with Crippen molar-refractivity contribution in [1.29, 1.82) is 0 Å². The summed E-state index contributed by atoms with van der Waals surface area (Å²) < 4.78 is 1.47. The van der Waals surface area contributed by atoms with E-state index < -0.39 is 5.97 Å². The summed E-state index contributed by atoms with van der Waals surface area (Å²) >= 11 is 2.14. The normalized spacial score (nSPS) is 13.4. The van der Waals surface area contributed by atoms with Crippen molar-refractivity contribution >= 4 is 5.97 Å². The van der Waals surface area contributed by atoms with Gasteiger partial charge in [-0.1, -0.05) is 0 Å². The molecule has 1 rings (SSSR count).